The standard InChI is InChI=1S/C28H58O7/c1-7-13-29-19-27(20-30-14-8-2,21-31-15-9-3)25-35-26-28(22-32-16-10-4,23-33-17-11-5)24-34-18-12-6/h7-26H2,1-6H3. The van der Waals surface area contributed by atoms with Crippen molar-refractivity contribution < 1.29 is 33.2 Å². The number of rotatable bonds is 28. The Hall–Kier alpha value is -0.280. The summed E-state index contributed by atoms with van der Waals surface area (Å²) in [5, 5.41) is 0. The molecule has 0 fully saturated rings. The molecule has 0 saturated heterocycles. The monoisotopic (exact) mass is 506 g/mol. The molecule has 0 heterocycles. The summed E-state index contributed by atoms with van der Waals surface area (Å²) in [4.78, 5) is 0. The number of hydrogen-bond donors (Lipinski definition) is 0. The van der Waals surface area contributed by atoms with Gasteiger partial charge >= 0.3 is 0 Å². The lowest BCUT2D eigenvalue weighted by Gasteiger charge is -2.37. The van der Waals surface area contributed by atoms with Crippen LogP contribution in [0.1, 0.15) is 80.1 Å². The molecule has 0 aliphatic carbocycles. The molecule has 0 radical (unpaired) electrons. The first-order chi connectivity index (χ1) is 17.1. The van der Waals surface area contributed by atoms with E-state index >= 15 is 0 Å². The van der Waals surface area contributed by atoms with Crippen LogP contribution in [0, 0.1) is 10.8 Å². The zero-order valence-corrected chi connectivity index (χ0v) is 24.0. The minimum absolute atomic E-state index is 0.357. The smallest absolute Gasteiger partial charge is 0.0637 e. The largest absolute Gasteiger partial charge is 0.381 e. The van der Waals surface area contributed by atoms with Gasteiger partial charge in [-0.1, -0.05) is 41.5 Å². The van der Waals surface area contributed by atoms with Gasteiger partial charge in [0.25, 0.3) is 0 Å². The molecule has 35 heavy (non-hydrogen) atoms. The lowest BCUT2D eigenvalue weighted by molar-refractivity contribution is -0.142. The van der Waals surface area contributed by atoms with E-state index in [2.05, 4.69) is 41.5 Å². The Bertz CT molecular complexity index is 342. The molecule has 0 atom stereocenters. The van der Waals surface area contributed by atoms with Gasteiger partial charge in [0, 0.05) is 39.6 Å². The highest BCUT2D eigenvalue weighted by Crippen LogP contribution is 2.26. The molecule has 212 valence electrons. The van der Waals surface area contributed by atoms with Gasteiger partial charge in [-0.15, -0.1) is 0 Å². The van der Waals surface area contributed by atoms with E-state index in [0.29, 0.717) is 92.5 Å². The van der Waals surface area contributed by atoms with Gasteiger partial charge in [0.15, 0.2) is 0 Å². The summed E-state index contributed by atoms with van der Waals surface area (Å²) in [6.07, 6.45) is 5.86. The molecular weight excluding hydrogens is 448 g/mol. The second-order valence-electron chi connectivity index (χ2n) is 9.81. The molecule has 0 aromatic heterocycles. The fraction of sp³-hybridized carbons (Fsp3) is 1.00. The first-order valence-corrected chi connectivity index (χ1v) is 14.1. The van der Waals surface area contributed by atoms with E-state index < -0.39 is 0 Å². The van der Waals surface area contributed by atoms with Crippen LogP contribution < -0.4 is 0 Å². The van der Waals surface area contributed by atoms with Gasteiger partial charge < -0.3 is 33.2 Å². The minimum Gasteiger partial charge on any atom is -0.381 e. The lowest BCUT2D eigenvalue weighted by Crippen LogP contribution is -2.46. The van der Waals surface area contributed by atoms with Gasteiger partial charge in [0.05, 0.1) is 63.7 Å². The highest BCUT2D eigenvalue weighted by atomic mass is 16.5. The zero-order valence-electron chi connectivity index (χ0n) is 24.0. The Labute approximate surface area is 216 Å². The molecule has 0 aromatic carbocycles. The number of ether oxygens (including phenoxy) is 7. The molecule has 7 heteroatoms. The normalized spacial score (nSPS) is 12.5. The number of hydrogen-bond acceptors (Lipinski definition) is 7. The molecule has 0 aliphatic rings. The molecule has 0 bridgehead atoms. The van der Waals surface area contributed by atoms with E-state index in [1.54, 1.807) is 0 Å². The zero-order chi connectivity index (χ0) is 26.1. The van der Waals surface area contributed by atoms with E-state index in [9.17, 15) is 0 Å². The maximum absolute atomic E-state index is 6.47. The first kappa shape index (κ1) is 34.7. The predicted molar refractivity (Wildman–Crippen MR) is 142 cm³/mol. The van der Waals surface area contributed by atoms with Crippen LogP contribution >= 0.6 is 0 Å². The summed E-state index contributed by atoms with van der Waals surface area (Å²) in [7, 11) is 0. The quantitative estimate of drug-likeness (QED) is 0.129. The summed E-state index contributed by atoms with van der Waals surface area (Å²) >= 11 is 0. The van der Waals surface area contributed by atoms with Crippen molar-refractivity contribution in [3.8, 4) is 0 Å². The fourth-order valence-corrected chi connectivity index (χ4v) is 3.58. The Morgan fingerprint density at radius 1 is 0.286 bits per heavy atom. The summed E-state index contributed by atoms with van der Waals surface area (Å²) in [5.74, 6) is 0. The molecule has 0 rings (SSSR count). The van der Waals surface area contributed by atoms with Crippen molar-refractivity contribution in [2.45, 2.75) is 80.1 Å². The Morgan fingerprint density at radius 3 is 0.629 bits per heavy atom. The highest BCUT2D eigenvalue weighted by molar-refractivity contribution is 4.83. The van der Waals surface area contributed by atoms with E-state index in [1.165, 1.54) is 0 Å². The van der Waals surface area contributed by atoms with Crippen molar-refractivity contribution in [3.63, 3.8) is 0 Å². The van der Waals surface area contributed by atoms with Crippen molar-refractivity contribution in [2.75, 3.05) is 92.5 Å². The molecule has 0 aromatic rings. The fourth-order valence-electron chi connectivity index (χ4n) is 3.58. The van der Waals surface area contributed by atoms with E-state index in [-0.39, 0.29) is 10.8 Å². The Balaban J connectivity index is 5.49. The summed E-state index contributed by atoms with van der Waals surface area (Å²) < 4.78 is 42.6. The van der Waals surface area contributed by atoms with Gasteiger partial charge in [-0.05, 0) is 38.5 Å². The van der Waals surface area contributed by atoms with Crippen LogP contribution in [0.15, 0.2) is 0 Å². The van der Waals surface area contributed by atoms with Crippen LogP contribution in [-0.2, 0) is 33.2 Å². The first-order valence-electron chi connectivity index (χ1n) is 14.1. The van der Waals surface area contributed by atoms with Crippen molar-refractivity contribution in [1.29, 1.82) is 0 Å². The molecule has 0 aliphatic heterocycles. The summed E-state index contributed by atoms with van der Waals surface area (Å²) in [5.41, 5.74) is -0.714. The topological polar surface area (TPSA) is 64.6 Å². The van der Waals surface area contributed by atoms with E-state index in [1.807, 2.05) is 0 Å². The maximum Gasteiger partial charge on any atom is 0.0637 e. The van der Waals surface area contributed by atoms with Crippen LogP contribution in [0.5, 0.6) is 0 Å². The molecular formula is C28H58O7. The second kappa shape index (κ2) is 24.1. The third-order valence-corrected chi connectivity index (χ3v) is 5.36. The SMILES string of the molecule is CCCOCC(COCCC)(COCCC)COCC(COCCC)(COCCC)COCCC. The molecule has 0 unspecified atom stereocenters. The summed E-state index contributed by atoms with van der Waals surface area (Å²) in [6, 6.07) is 0. The lowest BCUT2D eigenvalue weighted by atomic mass is 9.90. The molecule has 0 saturated carbocycles. The third kappa shape index (κ3) is 17.7. The Kier molecular flexibility index (Phi) is 23.9. The van der Waals surface area contributed by atoms with Gasteiger partial charge in [0.1, 0.15) is 0 Å². The van der Waals surface area contributed by atoms with Crippen LogP contribution in [0.4, 0.5) is 0 Å². The van der Waals surface area contributed by atoms with Gasteiger partial charge in [-0.25, -0.2) is 0 Å². The molecule has 0 spiro atoms. The van der Waals surface area contributed by atoms with Crippen molar-refractivity contribution in [3.05, 3.63) is 0 Å². The maximum atomic E-state index is 6.47. The summed E-state index contributed by atoms with van der Waals surface area (Å²) in [6.45, 7) is 21.3. The molecule has 0 N–H and O–H groups in total. The van der Waals surface area contributed by atoms with Crippen LogP contribution in [0.2, 0.25) is 0 Å². The molecule has 7 nitrogen and oxygen atoms in total. The van der Waals surface area contributed by atoms with Gasteiger partial charge in [-0.3, -0.25) is 0 Å². The average Bonchev–Trinajstić information content (AvgIpc) is 2.85. The predicted octanol–water partition coefficient (Wildman–Crippen LogP) is 5.54. The third-order valence-electron chi connectivity index (χ3n) is 5.36. The van der Waals surface area contributed by atoms with Gasteiger partial charge in [0.2, 0.25) is 0 Å². The van der Waals surface area contributed by atoms with Crippen LogP contribution in [0.25, 0.3) is 0 Å². The van der Waals surface area contributed by atoms with E-state index in [4.69, 9.17) is 33.2 Å². The van der Waals surface area contributed by atoms with Crippen molar-refractivity contribution in [2.24, 2.45) is 10.8 Å². The highest BCUT2D eigenvalue weighted by Gasteiger charge is 2.36. The van der Waals surface area contributed by atoms with Crippen LogP contribution in [0.3, 0.4) is 0 Å². The Morgan fingerprint density at radius 2 is 0.457 bits per heavy atom. The van der Waals surface area contributed by atoms with E-state index in [0.717, 1.165) is 38.5 Å². The molecule has 0 amide bonds. The second-order valence-corrected chi connectivity index (χ2v) is 9.81. The van der Waals surface area contributed by atoms with Crippen molar-refractivity contribution >= 4 is 0 Å². The van der Waals surface area contributed by atoms with Crippen molar-refractivity contribution in [1.82, 2.24) is 0 Å². The minimum atomic E-state index is -0.357. The van der Waals surface area contributed by atoms with Crippen LogP contribution in [-0.4, -0.2) is 92.5 Å². The van der Waals surface area contributed by atoms with Gasteiger partial charge in [-0.2, -0.15) is 0 Å². The average molecular weight is 507 g/mol.